The Bertz CT molecular complexity index is 1370. The Morgan fingerprint density at radius 2 is 0.591 bits per heavy atom. The molecule has 0 fully saturated rings. The number of unbranched alkanes of at least 4 members (excludes halogenated alkanes) is 18. The monoisotopic (exact) mass is 915 g/mol. The second kappa shape index (κ2) is 53.7. The van der Waals surface area contributed by atoms with Crippen molar-refractivity contribution < 1.29 is 28.6 Å². The van der Waals surface area contributed by atoms with Crippen LogP contribution in [-0.2, 0) is 28.6 Å². The van der Waals surface area contributed by atoms with Crippen molar-refractivity contribution >= 4 is 17.9 Å². The molecule has 1 atom stereocenters. The molecule has 66 heavy (non-hydrogen) atoms. The lowest BCUT2D eigenvalue weighted by molar-refractivity contribution is -0.167. The van der Waals surface area contributed by atoms with Crippen molar-refractivity contribution in [2.24, 2.45) is 0 Å². The third-order valence-electron chi connectivity index (χ3n) is 11.0. The summed E-state index contributed by atoms with van der Waals surface area (Å²) in [4.78, 5) is 38.0. The fraction of sp³-hybridized carbons (Fsp3) is 0.650. The van der Waals surface area contributed by atoms with Gasteiger partial charge >= 0.3 is 17.9 Å². The molecular formula is C60H98O6. The smallest absolute Gasteiger partial charge is 0.306 e. The van der Waals surface area contributed by atoms with Gasteiger partial charge in [-0.25, -0.2) is 0 Å². The summed E-state index contributed by atoms with van der Waals surface area (Å²) in [5.41, 5.74) is 0. The highest BCUT2D eigenvalue weighted by molar-refractivity contribution is 5.71. The molecule has 6 nitrogen and oxygen atoms in total. The predicted octanol–water partition coefficient (Wildman–Crippen LogP) is 17.9. The van der Waals surface area contributed by atoms with Crippen LogP contribution in [0.4, 0.5) is 0 Å². The van der Waals surface area contributed by atoms with E-state index in [9.17, 15) is 14.4 Å². The lowest BCUT2D eigenvalue weighted by Gasteiger charge is -2.18. The van der Waals surface area contributed by atoms with E-state index in [2.05, 4.69) is 130 Å². The topological polar surface area (TPSA) is 78.9 Å². The van der Waals surface area contributed by atoms with Gasteiger partial charge in [0.1, 0.15) is 13.2 Å². The maximum atomic E-state index is 12.8. The number of hydrogen-bond donors (Lipinski definition) is 0. The van der Waals surface area contributed by atoms with E-state index >= 15 is 0 Å². The van der Waals surface area contributed by atoms with Gasteiger partial charge in [0, 0.05) is 19.3 Å². The highest BCUT2D eigenvalue weighted by Gasteiger charge is 2.19. The third-order valence-corrected chi connectivity index (χ3v) is 11.0. The Morgan fingerprint density at radius 1 is 0.318 bits per heavy atom. The van der Waals surface area contributed by atoms with E-state index in [4.69, 9.17) is 14.2 Å². The minimum absolute atomic E-state index is 0.109. The zero-order chi connectivity index (χ0) is 47.9. The van der Waals surface area contributed by atoms with Crippen molar-refractivity contribution in [3.63, 3.8) is 0 Å². The number of carbonyl (C=O) groups is 3. The number of esters is 3. The van der Waals surface area contributed by atoms with Gasteiger partial charge in [-0.05, 0) is 122 Å². The van der Waals surface area contributed by atoms with Crippen LogP contribution < -0.4 is 0 Å². The van der Waals surface area contributed by atoms with Gasteiger partial charge < -0.3 is 14.2 Å². The van der Waals surface area contributed by atoms with Crippen molar-refractivity contribution in [2.45, 2.75) is 239 Å². The summed E-state index contributed by atoms with van der Waals surface area (Å²) >= 11 is 0. The first-order valence-corrected chi connectivity index (χ1v) is 26.9. The van der Waals surface area contributed by atoms with Gasteiger partial charge in [-0.1, -0.05) is 201 Å². The number of carbonyl (C=O) groups excluding carboxylic acids is 3. The second-order valence-corrected chi connectivity index (χ2v) is 17.4. The second-order valence-electron chi connectivity index (χ2n) is 17.4. The molecule has 0 saturated heterocycles. The van der Waals surface area contributed by atoms with Gasteiger partial charge in [-0.3, -0.25) is 14.4 Å². The molecular weight excluding hydrogens is 817 g/mol. The first-order chi connectivity index (χ1) is 32.5. The van der Waals surface area contributed by atoms with Crippen LogP contribution in [0.2, 0.25) is 0 Å². The standard InChI is InChI=1S/C60H98O6/c1-4-7-10-13-16-19-22-25-27-29-30-31-33-35-38-41-44-47-50-53-59(62)65-56-57(55-64-58(61)52-49-46-43-40-37-34-24-21-18-15-12-9-6-3)66-60(63)54-51-48-45-42-39-36-32-28-26-23-20-17-14-11-8-5-2/h7,9-10,12,16,18-19,21,25,27-28,30-32,34-35,37-38,57H,4-6,8,11,13-15,17,20,22-24,26,29,33,36,39-56H2,1-3H3/b10-7-,12-9-,19-16-,21-18-,27-25-,31-30-,32-28-,37-34-,38-35-. The molecule has 0 aliphatic heterocycles. The minimum Gasteiger partial charge on any atom is -0.462 e. The zero-order valence-electron chi connectivity index (χ0n) is 42.7. The zero-order valence-corrected chi connectivity index (χ0v) is 42.7. The molecule has 0 N–H and O–H groups in total. The van der Waals surface area contributed by atoms with E-state index < -0.39 is 6.10 Å². The maximum Gasteiger partial charge on any atom is 0.306 e. The van der Waals surface area contributed by atoms with Crippen molar-refractivity contribution in [1.82, 2.24) is 0 Å². The van der Waals surface area contributed by atoms with Crippen LogP contribution in [0.1, 0.15) is 233 Å². The maximum absolute atomic E-state index is 12.8. The number of hydrogen-bond acceptors (Lipinski definition) is 6. The first-order valence-electron chi connectivity index (χ1n) is 26.9. The van der Waals surface area contributed by atoms with Crippen LogP contribution >= 0.6 is 0 Å². The molecule has 0 aromatic heterocycles. The molecule has 0 amide bonds. The van der Waals surface area contributed by atoms with Gasteiger partial charge in [-0.2, -0.15) is 0 Å². The first kappa shape index (κ1) is 62.1. The van der Waals surface area contributed by atoms with Gasteiger partial charge in [-0.15, -0.1) is 0 Å². The number of rotatable bonds is 47. The molecule has 0 aromatic rings. The Kier molecular flexibility index (Phi) is 50.5. The van der Waals surface area contributed by atoms with Crippen molar-refractivity contribution in [2.75, 3.05) is 13.2 Å². The third kappa shape index (κ3) is 51.1. The molecule has 374 valence electrons. The summed E-state index contributed by atoms with van der Waals surface area (Å²) in [6.07, 6.45) is 72.2. The Labute approximate surface area is 406 Å². The van der Waals surface area contributed by atoms with Crippen LogP contribution in [0, 0.1) is 0 Å². The van der Waals surface area contributed by atoms with Crippen molar-refractivity contribution in [3.8, 4) is 0 Å². The van der Waals surface area contributed by atoms with Crippen LogP contribution in [0.25, 0.3) is 0 Å². The van der Waals surface area contributed by atoms with Gasteiger partial charge in [0.05, 0.1) is 0 Å². The average molecular weight is 915 g/mol. The highest BCUT2D eigenvalue weighted by atomic mass is 16.6. The SMILES string of the molecule is CC/C=C\C/C=C\C/C=C\C/C=C\C/C=C\CCCCCC(=O)OCC(COC(=O)CCCCC/C=C\C/C=C\C/C=C\CC)OC(=O)CCCCCCC/C=C\CCCCCCCCC. The highest BCUT2D eigenvalue weighted by Crippen LogP contribution is 2.13. The molecule has 0 aliphatic carbocycles. The normalized spacial score (nSPS) is 13.0. The molecule has 0 aromatic carbocycles. The fourth-order valence-electron chi connectivity index (χ4n) is 7.01. The van der Waals surface area contributed by atoms with E-state index in [0.29, 0.717) is 19.3 Å². The molecule has 0 radical (unpaired) electrons. The molecule has 0 heterocycles. The Hall–Kier alpha value is -3.93. The summed E-state index contributed by atoms with van der Waals surface area (Å²) in [6, 6.07) is 0. The minimum atomic E-state index is -0.810. The molecule has 0 spiro atoms. The largest absolute Gasteiger partial charge is 0.462 e. The van der Waals surface area contributed by atoms with Crippen LogP contribution in [-0.4, -0.2) is 37.2 Å². The van der Waals surface area contributed by atoms with E-state index in [-0.39, 0.29) is 31.1 Å². The molecule has 6 heteroatoms. The lowest BCUT2D eigenvalue weighted by Crippen LogP contribution is -2.30. The van der Waals surface area contributed by atoms with Gasteiger partial charge in [0.25, 0.3) is 0 Å². The number of allylic oxidation sites excluding steroid dienone is 18. The molecule has 0 saturated carbocycles. The summed E-state index contributed by atoms with van der Waals surface area (Å²) in [5.74, 6) is -0.980. The summed E-state index contributed by atoms with van der Waals surface area (Å²) < 4.78 is 16.8. The van der Waals surface area contributed by atoms with E-state index in [0.717, 1.165) is 135 Å². The molecule has 1 unspecified atom stereocenters. The molecule has 0 rings (SSSR count). The van der Waals surface area contributed by atoms with Crippen LogP contribution in [0.5, 0.6) is 0 Å². The summed E-state index contributed by atoms with van der Waals surface area (Å²) in [6.45, 7) is 6.34. The van der Waals surface area contributed by atoms with Gasteiger partial charge in [0.2, 0.25) is 0 Å². The van der Waals surface area contributed by atoms with Crippen molar-refractivity contribution in [3.05, 3.63) is 109 Å². The lowest BCUT2D eigenvalue weighted by atomic mass is 10.1. The molecule has 0 aliphatic rings. The Morgan fingerprint density at radius 3 is 0.955 bits per heavy atom. The average Bonchev–Trinajstić information content (AvgIpc) is 3.31. The van der Waals surface area contributed by atoms with Gasteiger partial charge in [0.15, 0.2) is 6.10 Å². The number of ether oxygens (including phenoxy) is 3. The summed E-state index contributed by atoms with van der Waals surface area (Å²) in [5, 5.41) is 0. The van der Waals surface area contributed by atoms with Crippen molar-refractivity contribution in [1.29, 1.82) is 0 Å². The van der Waals surface area contributed by atoms with Crippen LogP contribution in [0.15, 0.2) is 109 Å². The summed E-state index contributed by atoms with van der Waals surface area (Å²) in [7, 11) is 0. The molecule has 0 bridgehead atoms. The van der Waals surface area contributed by atoms with E-state index in [1.165, 1.54) is 57.8 Å². The van der Waals surface area contributed by atoms with E-state index in [1.807, 2.05) is 0 Å². The van der Waals surface area contributed by atoms with Crippen LogP contribution in [0.3, 0.4) is 0 Å². The fourth-order valence-corrected chi connectivity index (χ4v) is 7.01. The van der Waals surface area contributed by atoms with E-state index in [1.54, 1.807) is 0 Å². The quantitative estimate of drug-likeness (QED) is 0.0262. The predicted molar refractivity (Wildman–Crippen MR) is 283 cm³/mol. The Balaban J connectivity index is 4.50.